The van der Waals surface area contributed by atoms with Crippen molar-refractivity contribution in [2.45, 2.75) is 25.4 Å². The molecular formula is C15H14N8O3. The average molecular weight is 354 g/mol. The summed E-state index contributed by atoms with van der Waals surface area (Å²) < 4.78 is 2.96. The molecule has 0 aliphatic heterocycles. The van der Waals surface area contributed by atoms with Crippen LogP contribution in [0.1, 0.15) is 29.4 Å². The van der Waals surface area contributed by atoms with Crippen molar-refractivity contribution in [2.24, 2.45) is 0 Å². The average Bonchev–Trinajstić information content (AvgIpc) is 3.15. The van der Waals surface area contributed by atoms with Gasteiger partial charge in [-0.25, -0.2) is 14.2 Å². The number of carboxylic acids is 1. The first-order valence-electron chi connectivity index (χ1n) is 7.92. The molecular weight excluding hydrogens is 340 g/mol. The van der Waals surface area contributed by atoms with Crippen LogP contribution in [0.2, 0.25) is 0 Å². The van der Waals surface area contributed by atoms with Crippen LogP contribution in [-0.4, -0.2) is 52.2 Å². The van der Waals surface area contributed by atoms with Crippen molar-refractivity contribution in [3.8, 4) is 11.4 Å². The monoisotopic (exact) mass is 354 g/mol. The van der Waals surface area contributed by atoms with E-state index in [0.29, 0.717) is 17.6 Å². The highest BCUT2D eigenvalue weighted by Gasteiger charge is 2.28. The number of benzene rings is 1. The second-order valence-electron chi connectivity index (χ2n) is 5.91. The van der Waals surface area contributed by atoms with E-state index in [4.69, 9.17) is 5.11 Å². The minimum atomic E-state index is -1.20. The summed E-state index contributed by atoms with van der Waals surface area (Å²) in [5, 5.41) is 30.5. The molecule has 1 saturated carbocycles. The van der Waals surface area contributed by atoms with Crippen molar-refractivity contribution in [3.05, 3.63) is 36.2 Å². The predicted molar refractivity (Wildman–Crippen MR) is 87.1 cm³/mol. The third kappa shape index (κ3) is 3.27. The summed E-state index contributed by atoms with van der Waals surface area (Å²) in [6.07, 6.45) is 3.32. The minimum absolute atomic E-state index is 0.148. The SMILES string of the molecule is O=C(Cn1cc(C(=O)O)nn1)Nc1cccc(-c2nnnn2C2CC2)c1. The Hall–Kier alpha value is -3.63. The normalized spacial score (nSPS) is 13.5. The van der Waals surface area contributed by atoms with Crippen LogP contribution in [0.25, 0.3) is 11.4 Å². The molecule has 132 valence electrons. The van der Waals surface area contributed by atoms with Crippen molar-refractivity contribution in [2.75, 3.05) is 5.32 Å². The highest BCUT2D eigenvalue weighted by Crippen LogP contribution is 2.36. The molecule has 2 heterocycles. The molecule has 0 bridgehead atoms. The van der Waals surface area contributed by atoms with E-state index in [0.717, 1.165) is 23.1 Å². The summed E-state index contributed by atoms with van der Waals surface area (Å²) in [4.78, 5) is 22.9. The van der Waals surface area contributed by atoms with Gasteiger partial charge in [0.2, 0.25) is 5.91 Å². The summed E-state index contributed by atoms with van der Waals surface area (Å²) in [7, 11) is 0. The summed E-state index contributed by atoms with van der Waals surface area (Å²) in [5.74, 6) is -0.894. The molecule has 1 aliphatic rings. The molecule has 0 radical (unpaired) electrons. The van der Waals surface area contributed by atoms with E-state index in [1.807, 2.05) is 6.07 Å². The van der Waals surface area contributed by atoms with Gasteiger partial charge in [0.1, 0.15) is 6.54 Å². The molecule has 0 unspecified atom stereocenters. The van der Waals surface area contributed by atoms with Crippen molar-refractivity contribution in [3.63, 3.8) is 0 Å². The van der Waals surface area contributed by atoms with Gasteiger partial charge in [-0.15, -0.1) is 10.2 Å². The lowest BCUT2D eigenvalue weighted by atomic mass is 10.2. The zero-order valence-electron chi connectivity index (χ0n) is 13.5. The highest BCUT2D eigenvalue weighted by atomic mass is 16.4. The Morgan fingerprint density at radius 1 is 1.23 bits per heavy atom. The van der Waals surface area contributed by atoms with E-state index >= 15 is 0 Å². The summed E-state index contributed by atoms with van der Waals surface area (Å²) in [6.45, 7) is -0.148. The predicted octanol–water partition coefficient (Wildman–Crippen LogP) is 0.603. The van der Waals surface area contributed by atoms with Crippen molar-refractivity contribution in [1.29, 1.82) is 0 Å². The van der Waals surface area contributed by atoms with Gasteiger partial charge in [-0.2, -0.15) is 0 Å². The first-order valence-corrected chi connectivity index (χ1v) is 7.92. The van der Waals surface area contributed by atoms with E-state index in [1.54, 1.807) is 22.9 Å². The van der Waals surface area contributed by atoms with E-state index in [9.17, 15) is 9.59 Å². The van der Waals surface area contributed by atoms with Gasteiger partial charge < -0.3 is 10.4 Å². The maximum Gasteiger partial charge on any atom is 0.358 e. The minimum Gasteiger partial charge on any atom is -0.476 e. The molecule has 2 aromatic heterocycles. The Morgan fingerprint density at radius 3 is 2.81 bits per heavy atom. The number of carbonyl (C=O) groups excluding carboxylic acids is 1. The molecule has 1 aromatic carbocycles. The van der Waals surface area contributed by atoms with Gasteiger partial charge >= 0.3 is 5.97 Å². The molecule has 3 aromatic rings. The number of amides is 1. The van der Waals surface area contributed by atoms with E-state index in [1.165, 1.54) is 6.20 Å². The van der Waals surface area contributed by atoms with E-state index < -0.39 is 5.97 Å². The number of hydrogen-bond acceptors (Lipinski definition) is 7. The Balaban J connectivity index is 1.47. The van der Waals surface area contributed by atoms with Crippen LogP contribution in [0, 0.1) is 0 Å². The lowest BCUT2D eigenvalue weighted by Gasteiger charge is -2.07. The Bertz CT molecular complexity index is 975. The third-order valence-electron chi connectivity index (χ3n) is 3.85. The molecule has 1 aliphatic carbocycles. The Morgan fingerprint density at radius 2 is 2.08 bits per heavy atom. The largest absolute Gasteiger partial charge is 0.476 e. The zero-order chi connectivity index (χ0) is 18.1. The van der Waals surface area contributed by atoms with Gasteiger partial charge in [0.25, 0.3) is 0 Å². The summed E-state index contributed by atoms with van der Waals surface area (Å²) >= 11 is 0. The number of aromatic nitrogens is 7. The Kier molecular flexibility index (Phi) is 3.88. The van der Waals surface area contributed by atoms with Gasteiger partial charge in [-0.05, 0) is 35.4 Å². The number of carboxylic acid groups (broad SMARTS) is 1. The van der Waals surface area contributed by atoms with E-state index in [-0.39, 0.29) is 18.1 Å². The maximum absolute atomic E-state index is 12.2. The number of anilines is 1. The third-order valence-corrected chi connectivity index (χ3v) is 3.85. The molecule has 0 spiro atoms. The van der Waals surface area contributed by atoms with Crippen molar-refractivity contribution < 1.29 is 14.7 Å². The van der Waals surface area contributed by atoms with Crippen LogP contribution < -0.4 is 5.32 Å². The maximum atomic E-state index is 12.2. The second kappa shape index (κ2) is 6.35. The number of rotatable bonds is 6. The number of aromatic carboxylic acids is 1. The van der Waals surface area contributed by atoms with Crippen molar-refractivity contribution in [1.82, 2.24) is 35.2 Å². The lowest BCUT2D eigenvalue weighted by molar-refractivity contribution is -0.116. The quantitative estimate of drug-likeness (QED) is 0.656. The molecule has 4 rings (SSSR count). The van der Waals surface area contributed by atoms with Crippen LogP contribution in [0.5, 0.6) is 0 Å². The number of nitrogens with one attached hydrogen (secondary N) is 1. The van der Waals surface area contributed by atoms with Gasteiger partial charge in [0.05, 0.1) is 12.2 Å². The molecule has 0 atom stereocenters. The van der Waals surface area contributed by atoms with Gasteiger partial charge in [0, 0.05) is 11.3 Å². The fraction of sp³-hybridized carbons (Fsp3) is 0.267. The van der Waals surface area contributed by atoms with Crippen LogP contribution >= 0.6 is 0 Å². The molecule has 1 amide bonds. The lowest BCUT2D eigenvalue weighted by Crippen LogP contribution is -2.19. The molecule has 1 fully saturated rings. The first kappa shape index (κ1) is 15.9. The molecule has 26 heavy (non-hydrogen) atoms. The van der Waals surface area contributed by atoms with Gasteiger partial charge in [-0.1, -0.05) is 17.3 Å². The fourth-order valence-corrected chi connectivity index (χ4v) is 2.51. The van der Waals surface area contributed by atoms with Gasteiger partial charge in [-0.3, -0.25) is 4.79 Å². The van der Waals surface area contributed by atoms with Crippen LogP contribution in [0.15, 0.2) is 30.5 Å². The molecule has 0 saturated heterocycles. The molecule has 2 N–H and O–H groups in total. The molecule has 11 heteroatoms. The van der Waals surface area contributed by atoms with Crippen LogP contribution in [0.4, 0.5) is 5.69 Å². The smallest absolute Gasteiger partial charge is 0.358 e. The molecule has 11 nitrogen and oxygen atoms in total. The number of hydrogen-bond donors (Lipinski definition) is 2. The van der Waals surface area contributed by atoms with E-state index in [2.05, 4.69) is 31.2 Å². The van der Waals surface area contributed by atoms with Gasteiger partial charge in [0.15, 0.2) is 11.5 Å². The van der Waals surface area contributed by atoms with Crippen molar-refractivity contribution >= 4 is 17.6 Å². The highest BCUT2D eigenvalue weighted by molar-refractivity contribution is 5.91. The second-order valence-corrected chi connectivity index (χ2v) is 5.91. The fourth-order valence-electron chi connectivity index (χ4n) is 2.51. The van der Waals surface area contributed by atoms with Crippen LogP contribution in [0.3, 0.4) is 0 Å². The summed E-state index contributed by atoms with van der Waals surface area (Å²) in [6, 6.07) is 7.54. The Labute approximate surface area is 146 Å². The topological polar surface area (TPSA) is 141 Å². The number of carbonyl (C=O) groups is 2. The standard InChI is InChI=1S/C15H14N8O3/c24-13(8-22-7-12(15(25)26)17-20-22)16-10-3-1-2-9(6-10)14-18-19-21-23(14)11-4-5-11/h1-3,6-7,11H,4-5,8H2,(H,16,24)(H,25,26). The number of tetrazole rings is 1. The number of nitrogens with zero attached hydrogens (tertiary/aromatic N) is 7. The zero-order valence-corrected chi connectivity index (χ0v) is 13.5. The first-order chi connectivity index (χ1) is 12.6. The van der Waals surface area contributed by atoms with Crippen LogP contribution in [-0.2, 0) is 11.3 Å². The summed E-state index contributed by atoms with van der Waals surface area (Å²) in [5.41, 5.74) is 1.16.